The summed E-state index contributed by atoms with van der Waals surface area (Å²) >= 11 is 0. The first-order valence-corrected chi connectivity index (χ1v) is 9.49. The number of hydrogen-bond donors (Lipinski definition) is 3. The Morgan fingerprint density at radius 2 is 1.40 bits per heavy atom. The lowest BCUT2D eigenvalue weighted by Crippen LogP contribution is -2.59. The van der Waals surface area contributed by atoms with Crippen LogP contribution in [0.2, 0.25) is 0 Å². The van der Waals surface area contributed by atoms with Crippen LogP contribution in [-0.2, 0) is 16.0 Å². The van der Waals surface area contributed by atoms with Gasteiger partial charge >= 0.3 is 0 Å². The van der Waals surface area contributed by atoms with Gasteiger partial charge in [0.15, 0.2) is 5.66 Å². The first kappa shape index (κ1) is 19.6. The van der Waals surface area contributed by atoms with Crippen molar-refractivity contribution in [3.8, 4) is 0 Å². The SMILES string of the molecule is NC1(N)C(=O)NC(=O)C1CCCCCCCCCCc1ccccc1. The maximum absolute atomic E-state index is 11.7. The minimum absolute atomic E-state index is 0.326. The summed E-state index contributed by atoms with van der Waals surface area (Å²) in [6, 6.07) is 10.6. The van der Waals surface area contributed by atoms with Crippen molar-refractivity contribution in [1.29, 1.82) is 0 Å². The number of unbranched alkanes of at least 4 members (excludes halogenated alkanes) is 7. The highest BCUT2D eigenvalue weighted by molar-refractivity contribution is 6.09. The summed E-state index contributed by atoms with van der Waals surface area (Å²) in [6.07, 6.45) is 11.1. The average molecular weight is 345 g/mol. The van der Waals surface area contributed by atoms with Crippen LogP contribution in [0.1, 0.15) is 63.4 Å². The van der Waals surface area contributed by atoms with Crippen molar-refractivity contribution < 1.29 is 9.59 Å². The Balaban J connectivity index is 1.45. The fraction of sp³-hybridized carbons (Fsp3) is 0.600. The van der Waals surface area contributed by atoms with Crippen molar-refractivity contribution in [1.82, 2.24) is 5.32 Å². The van der Waals surface area contributed by atoms with Gasteiger partial charge in [-0.2, -0.15) is 0 Å². The van der Waals surface area contributed by atoms with E-state index in [4.69, 9.17) is 11.5 Å². The van der Waals surface area contributed by atoms with Gasteiger partial charge < -0.3 is 11.5 Å². The Labute approximate surface area is 150 Å². The van der Waals surface area contributed by atoms with Crippen molar-refractivity contribution in [2.24, 2.45) is 17.4 Å². The molecule has 0 aromatic heterocycles. The molecule has 25 heavy (non-hydrogen) atoms. The van der Waals surface area contributed by atoms with Gasteiger partial charge in [-0.25, -0.2) is 0 Å². The molecule has 1 heterocycles. The molecule has 1 aliphatic rings. The van der Waals surface area contributed by atoms with Crippen LogP contribution in [0.25, 0.3) is 0 Å². The van der Waals surface area contributed by atoms with Gasteiger partial charge in [0.2, 0.25) is 5.91 Å². The van der Waals surface area contributed by atoms with E-state index in [-0.39, 0.29) is 5.91 Å². The number of nitrogens with two attached hydrogens (primary N) is 2. The highest BCUT2D eigenvalue weighted by atomic mass is 16.2. The quantitative estimate of drug-likeness (QED) is 0.326. The maximum Gasteiger partial charge on any atom is 0.262 e. The zero-order valence-corrected chi connectivity index (χ0v) is 15.0. The van der Waals surface area contributed by atoms with E-state index >= 15 is 0 Å². The van der Waals surface area contributed by atoms with Crippen LogP contribution in [0.15, 0.2) is 30.3 Å². The Kier molecular flexibility index (Phi) is 7.59. The standard InChI is InChI=1S/C20H31N3O2/c21-20(22)17(18(24)23-19(20)25)15-11-6-4-2-1-3-5-8-12-16-13-9-7-10-14-16/h7,9-10,13-14,17H,1-6,8,11-12,15,21-22H2,(H,23,24,25). The van der Waals surface area contributed by atoms with Crippen LogP contribution in [-0.4, -0.2) is 17.5 Å². The van der Waals surface area contributed by atoms with Crippen LogP contribution < -0.4 is 16.8 Å². The van der Waals surface area contributed by atoms with Crippen molar-refractivity contribution in [2.75, 3.05) is 0 Å². The fourth-order valence-corrected chi connectivity index (χ4v) is 3.44. The Hall–Kier alpha value is -1.72. The van der Waals surface area contributed by atoms with E-state index in [1.807, 2.05) is 0 Å². The van der Waals surface area contributed by atoms with Gasteiger partial charge in [0.25, 0.3) is 5.91 Å². The molecule has 0 radical (unpaired) electrons. The number of carbonyl (C=O) groups excluding carboxylic acids is 2. The minimum Gasteiger partial charge on any atom is -0.305 e. The third kappa shape index (κ3) is 5.94. The Morgan fingerprint density at radius 3 is 1.96 bits per heavy atom. The lowest BCUT2D eigenvalue weighted by atomic mass is 9.91. The number of imide groups is 1. The summed E-state index contributed by atoms with van der Waals surface area (Å²) in [5, 5.41) is 2.22. The number of aryl methyl sites for hydroxylation is 1. The smallest absolute Gasteiger partial charge is 0.262 e. The fourth-order valence-electron chi connectivity index (χ4n) is 3.44. The number of hydrogen-bond acceptors (Lipinski definition) is 4. The summed E-state index contributed by atoms with van der Waals surface area (Å²) in [5.41, 5.74) is 11.4. The first-order chi connectivity index (χ1) is 12.0. The summed E-state index contributed by atoms with van der Waals surface area (Å²) in [7, 11) is 0. The second-order valence-corrected chi connectivity index (χ2v) is 7.16. The Bertz CT molecular complexity index is 557. The molecule has 138 valence electrons. The zero-order chi connectivity index (χ0) is 18.1. The van der Waals surface area contributed by atoms with Crippen LogP contribution in [0.4, 0.5) is 0 Å². The lowest BCUT2D eigenvalue weighted by Gasteiger charge is -2.21. The molecule has 5 heteroatoms. The predicted octanol–water partition coefficient (Wildman–Crippen LogP) is 2.63. The average Bonchev–Trinajstić information content (AvgIpc) is 2.78. The molecular weight excluding hydrogens is 314 g/mol. The van der Waals surface area contributed by atoms with Gasteiger partial charge in [-0.05, 0) is 24.8 Å². The molecule has 1 aliphatic heterocycles. The maximum atomic E-state index is 11.7. The van der Waals surface area contributed by atoms with Crippen molar-refractivity contribution >= 4 is 11.8 Å². The summed E-state index contributed by atoms with van der Waals surface area (Å²) in [4.78, 5) is 23.2. The van der Waals surface area contributed by atoms with E-state index in [1.165, 1.54) is 44.1 Å². The highest BCUT2D eigenvalue weighted by Gasteiger charge is 2.49. The summed E-state index contributed by atoms with van der Waals surface area (Å²) < 4.78 is 0. The van der Waals surface area contributed by atoms with Crippen LogP contribution in [0.3, 0.4) is 0 Å². The molecule has 1 aromatic carbocycles. The molecular formula is C20H31N3O2. The van der Waals surface area contributed by atoms with E-state index in [0.29, 0.717) is 6.42 Å². The van der Waals surface area contributed by atoms with Crippen molar-refractivity contribution in [3.05, 3.63) is 35.9 Å². The molecule has 1 unspecified atom stereocenters. The van der Waals surface area contributed by atoms with E-state index in [1.54, 1.807) is 0 Å². The van der Waals surface area contributed by atoms with E-state index in [2.05, 4.69) is 35.6 Å². The monoisotopic (exact) mass is 345 g/mol. The molecule has 1 atom stereocenters. The molecule has 5 nitrogen and oxygen atoms in total. The molecule has 1 aromatic rings. The molecule has 0 spiro atoms. The second kappa shape index (κ2) is 9.68. The Morgan fingerprint density at radius 1 is 0.840 bits per heavy atom. The van der Waals surface area contributed by atoms with Crippen LogP contribution in [0.5, 0.6) is 0 Å². The van der Waals surface area contributed by atoms with Gasteiger partial charge in [0, 0.05) is 0 Å². The third-order valence-corrected chi connectivity index (χ3v) is 5.07. The number of amides is 2. The molecule has 0 saturated carbocycles. The highest BCUT2D eigenvalue weighted by Crippen LogP contribution is 2.23. The van der Waals surface area contributed by atoms with E-state index < -0.39 is 17.5 Å². The lowest BCUT2D eigenvalue weighted by molar-refractivity contribution is -0.126. The summed E-state index contributed by atoms with van der Waals surface area (Å²) in [6.45, 7) is 0. The molecule has 2 rings (SSSR count). The van der Waals surface area contributed by atoms with Crippen LogP contribution >= 0.6 is 0 Å². The van der Waals surface area contributed by atoms with E-state index in [9.17, 15) is 9.59 Å². The zero-order valence-electron chi connectivity index (χ0n) is 15.0. The largest absolute Gasteiger partial charge is 0.305 e. The second-order valence-electron chi connectivity index (χ2n) is 7.16. The van der Waals surface area contributed by atoms with Crippen molar-refractivity contribution in [2.45, 2.75) is 69.9 Å². The topological polar surface area (TPSA) is 98.2 Å². The first-order valence-electron chi connectivity index (χ1n) is 9.49. The van der Waals surface area contributed by atoms with Gasteiger partial charge in [0.05, 0.1) is 5.92 Å². The predicted molar refractivity (Wildman–Crippen MR) is 99.4 cm³/mol. The van der Waals surface area contributed by atoms with Gasteiger partial charge in [-0.1, -0.05) is 75.3 Å². The molecule has 1 fully saturated rings. The molecule has 5 N–H and O–H groups in total. The molecule has 1 saturated heterocycles. The number of rotatable bonds is 11. The van der Waals surface area contributed by atoms with Crippen LogP contribution in [0, 0.1) is 5.92 Å². The summed E-state index contributed by atoms with van der Waals surface area (Å²) in [5.74, 6) is -1.47. The number of nitrogens with one attached hydrogen (secondary N) is 1. The van der Waals surface area contributed by atoms with Gasteiger partial charge in [-0.3, -0.25) is 14.9 Å². The molecule has 2 amide bonds. The van der Waals surface area contributed by atoms with Gasteiger partial charge in [-0.15, -0.1) is 0 Å². The number of carbonyl (C=O) groups is 2. The van der Waals surface area contributed by atoms with Gasteiger partial charge in [0.1, 0.15) is 0 Å². The normalized spacial score (nSPS) is 19.2. The minimum atomic E-state index is -1.53. The molecule has 0 aliphatic carbocycles. The number of benzene rings is 1. The van der Waals surface area contributed by atoms with Crippen molar-refractivity contribution in [3.63, 3.8) is 0 Å². The molecule has 0 bridgehead atoms. The third-order valence-electron chi connectivity index (χ3n) is 5.07. The van der Waals surface area contributed by atoms with E-state index in [0.717, 1.165) is 19.3 Å².